The van der Waals surface area contributed by atoms with E-state index in [1.165, 1.54) is 4.90 Å². The average Bonchev–Trinajstić information content (AvgIpc) is 2.32. The molecular formula is C15H26N2O6. The zero-order chi connectivity index (χ0) is 17.8. The van der Waals surface area contributed by atoms with Crippen LogP contribution in [0.15, 0.2) is 0 Å². The molecule has 0 aliphatic carbocycles. The fourth-order valence-corrected chi connectivity index (χ4v) is 2.47. The number of carboxylic acids is 1. The summed E-state index contributed by atoms with van der Waals surface area (Å²) >= 11 is 0. The van der Waals surface area contributed by atoms with Crippen molar-refractivity contribution < 1.29 is 29.0 Å². The van der Waals surface area contributed by atoms with E-state index in [4.69, 9.17) is 14.6 Å². The minimum absolute atomic E-state index is 0.165. The first-order chi connectivity index (χ1) is 10.5. The van der Waals surface area contributed by atoms with Crippen LogP contribution in [0.1, 0.15) is 41.0 Å². The Morgan fingerprint density at radius 3 is 2.30 bits per heavy atom. The predicted octanol–water partition coefficient (Wildman–Crippen LogP) is 0.992. The minimum Gasteiger partial charge on any atom is -0.481 e. The van der Waals surface area contributed by atoms with Crippen molar-refractivity contribution in [2.45, 2.75) is 58.2 Å². The number of carbonyl (C=O) groups is 3. The Kier molecular flexibility index (Phi) is 5.98. The second-order valence-electron chi connectivity index (χ2n) is 6.81. The van der Waals surface area contributed by atoms with Gasteiger partial charge in [0, 0.05) is 13.1 Å². The fraction of sp³-hybridized carbons (Fsp3) is 0.800. The number of carbonyl (C=O) groups excluding carboxylic acids is 2. The summed E-state index contributed by atoms with van der Waals surface area (Å²) in [6, 6.07) is -0.657. The molecule has 0 radical (unpaired) electrons. The van der Waals surface area contributed by atoms with Crippen molar-refractivity contribution in [3.8, 4) is 0 Å². The molecule has 0 saturated carbocycles. The van der Waals surface area contributed by atoms with Crippen molar-refractivity contribution in [1.82, 2.24) is 10.2 Å². The number of aliphatic carboxylic acids is 1. The van der Waals surface area contributed by atoms with Gasteiger partial charge >= 0.3 is 18.0 Å². The molecule has 1 amide bonds. The number of hydrogen-bond acceptors (Lipinski definition) is 6. The maximum atomic E-state index is 12.0. The Balaban J connectivity index is 2.68. The van der Waals surface area contributed by atoms with Crippen LogP contribution in [0.4, 0.5) is 4.79 Å². The van der Waals surface area contributed by atoms with Gasteiger partial charge in [0.1, 0.15) is 11.6 Å². The van der Waals surface area contributed by atoms with E-state index in [9.17, 15) is 14.4 Å². The largest absolute Gasteiger partial charge is 0.481 e. The predicted molar refractivity (Wildman–Crippen MR) is 82.0 cm³/mol. The van der Waals surface area contributed by atoms with E-state index in [1.807, 2.05) is 0 Å². The summed E-state index contributed by atoms with van der Waals surface area (Å²) in [4.78, 5) is 36.2. The van der Waals surface area contributed by atoms with Crippen LogP contribution in [0.2, 0.25) is 0 Å². The van der Waals surface area contributed by atoms with Crippen molar-refractivity contribution in [2.24, 2.45) is 0 Å². The Labute approximate surface area is 136 Å². The Morgan fingerprint density at radius 2 is 1.87 bits per heavy atom. The molecule has 1 fully saturated rings. The molecule has 2 N–H and O–H groups in total. The van der Waals surface area contributed by atoms with Gasteiger partial charge in [-0.15, -0.1) is 0 Å². The van der Waals surface area contributed by atoms with Gasteiger partial charge in [0.15, 0.2) is 0 Å². The number of carboxylic acid groups (broad SMARTS) is 1. The van der Waals surface area contributed by atoms with Crippen LogP contribution < -0.4 is 5.32 Å². The summed E-state index contributed by atoms with van der Waals surface area (Å²) in [5.74, 6) is -1.45. The maximum Gasteiger partial charge on any atom is 0.410 e. The molecule has 1 saturated heterocycles. The van der Waals surface area contributed by atoms with E-state index < -0.39 is 35.2 Å². The quantitative estimate of drug-likeness (QED) is 0.700. The normalized spacial score (nSPS) is 17.9. The number of esters is 1. The van der Waals surface area contributed by atoms with Gasteiger partial charge in [-0.2, -0.15) is 0 Å². The van der Waals surface area contributed by atoms with Gasteiger partial charge in [-0.3, -0.25) is 14.9 Å². The van der Waals surface area contributed by atoms with Gasteiger partial charge in [0.25, 0.3) is 0 Å². The Hall–Kier alpha value is -1.83. The monoisotopic (exact) mass is 330 g/mol. The van der Waals surface area contributed by atoms with Crippen molar-refractivity contribution in [3.63, 3.8) is 0 Å². The Bertz CT molecular complexity index is 465. The topological polar surface area (TPSA) is 105 Å². The SMILES string of the molecule is CCOC(=O)C(C)NC1(CC(=O)O)CN(C(=O)OC(C)(C)C)C1. The first kappa shape index (κ1) is 19.2. The average molecular weight is 330 g/mol. The minimum atomic E-state index is -1.00. The lowest BCUT2D eigenvalue weighted by Gasteiger charge is -2.50. The lowest BCUT2D eigenvalue weighted by molar-refractivity contribution is -0.149. The number of amides is 1. The molecule has 23 heavy (non-hydrogen) atoms. The van der Waals surface area contributed by atoms with Gasteiger partial charge < -0.3 is 19.5 Å². The van der Waals surface area contributed by atoms with E-state index in [0.717, 1.165) is 0 Å². The molecule has 1 unspecified atom stereocenters. The van der Waals surface area contributed by atoms with Crippen LogP contribution in [-0.2, 0) is 19.1 Å². The number of ether oxygens (including phenoxy) is 2. The van der Waals surface area contributed by atoms with Gasteiger partial charge in [0.05, 0.1) is 18.6 Å². The molecule has 1 aliphatic heterocycles. The van der Waals surface area contributed by atoms with E-state index in [2.05, 4.69) is 5.32 Å². The summed E-state index contributed by atoms with van der Waals surface area (Å²) in [6.07, 6.45) is -0.695. The van der Waals surface area contributed by atoms with Gasteiger partial charge in [-0.25, -0.2) is 4.79 Å². The molecule has 0 aromatic carbocycles. The third kappa shape index (κ3) is 5.70. The molecule has 132 valence electrons. The zero-order valence-electron chi connectivity index (χ0n) is 14.3. The summed E-state index contributed by atoms with van der Waals surface area (Å²) in [6.45, 7) is 9.17. The number of hydrogen-bond donors (Lipinski definition) is 2. The summed E-state index contributed by atoms with van der Waals surface area (Å²) in [5.41, 5.74) is -1.47. The maximum absolute atomic E-state index is 12.0. The zero-order valence-corrected chi connectivity index (χ0v) is 14.3. The van der Waals surface area contributed by atoms with Crippen LogP contribution in [0.3, 0.4) is 0 Å². The number of likely N-dealkylation sites (tertiary alicyclic amines) is 1. The third-order valence-electron chi connectivity index (χ3n) is 3.29. The highest BCUT2D eigenvalue weighted by atomic mass is 16.6. The molecule has 0 spiro atoms. The lowest BCUT2D eigenvalue weighted by Crippen LogP contribution is -2.73. The molecule has 8 nitrogen and oxygen atoms in total. The van der Waals surface area contributed by atoms with Crippen LogP contribution in [0, 0.1) is 0 Å². The molecule has 1 heterocycles. The van der Waals surface area contributed by atoms with E-state index >= 15 is 0 Å². The summed E-state index contributed by atoms with van der Waals surface area (Å²) in [7, 11) is 0. The van der Waals surface area contributed by atoms with Crippen molar-refractivity contribution in [1.29, 1.82) is 0 Å². The van der Waals surface area contributed by atoms with E-state index in [-0.39, 0.29) is 26.1 Å². The lowest BCUT2D eigenvalue weighted by atomic mass is 9.85. The molecule has 0 aromatic heterocycles. The third-order valence-corrected chi connectivity index (χ3v) is 3.29. The van der Waals surface area contributed by atoms with Crippen LogP contribution >= 0.6 is 0 Å². The van der Waals surface area contributed by atoms with Crippen molar-refractivity contribution in [3.05, 3.63) is 0 Å². The number of nitrogens with one attached hydrogen (secondary N) is 1. The van der Waals surface area contributed by atoms with Gasteiger partial charge in [-0.1, -0.05) is 0 Å². The second kappa shape index (κ2) is 7.16. The van der Waals surface area contributed by atoms with Crippen LogP contribution in [0.25, 0.3) is 0 Å². The number of nitrogens with zero attached hydrogens (tertiary/aromatic N) is 1. The first-order valence-corrected chi connectivity index (χ1v) is 7.62. The standard InChI is InChI=1S/C15H26N2O6/c1-6-22-12(20)10(2)16-15(7-11(18)19)8-17(9-15)13(21)23-14(3,4)5/h10,16H,6-9H2,1-5H3,(H,18,19). The van der Waals surface area contributed by atoms with Gasteiger partial charge in [0.2, 0.25) is 0 Å². The van der Waals surface area contributed by atoms with E-state index in [1.54, 1.807) is 34.6 Å². The van der Waals surface area contributed by atoms with Crippen LogP contribution in [0.5, 0.6) is 0 Å². The highest BCUT2D eigenvalue weighted by Crippen LogP contribution is 2.27. The van der Waals surface area contributed by atoms with E-state index in [0.29, 0.717) is 0 Å². The molecule has 8 heteroatoms. The molecule has 0 bridgehead atoms. The van der Waals surface area contributed by atoms with Gasteiger partial charge in [-0.05, 0) is 34.6 Å². The molecule has 1 aliphatic rings. The number of rotatable bonds is 6. The van der Waals surface area contributed by atoms with Crippen molar-refractivity contribution >= 4 is 18.0 Å². The second-order valence-corrected chi connectivity index (χ2v) is 6.81. The molecule has 1 atom stereocenters. The van der Waals surface area contributed by atoms with Crippen molar-refractivity contribution in [2.75, 3.05) is 19.7 Å². The molecule has 0 aromatic rings. The van der Waals surface area contributed by atoms with Crippen LogP contribution in [-0.4, -0.2) is 64.9 Å². The molecule has 1 rings (SSSR count). The first-order valence-electron chi connectivity index (χ1n) is 7.62. The highest BCUT2D eigenvalue weighted by Gasteiger charge is 2.49. The highest BCUT2D eigenvalue weighted by molar-refractivity contribution is 5.76. The summed E-state index contributed by atoms with van der Waals surface area (Å²) < 4.78 is 10.2. The molecular weight excluding hydrogens is 304 g/mol. The fourth-order valence-electron chi connectivity index (χ4n) is 2.47. The Morgan fingerprint density at radius 1 is 1.30 bits per heavy atom. The summed E-state index contributed by atoms with van der Waals surface area (Å²) in [5, 5.41) is 12.1. The smallest absolute Gasteiger partial charge is 0.410 e.